The molecule has 1 aliphatic rings. The molecule has 1 aromatic rings. The van der Waals surface area contributed by atoms with Gasteiger partial charge in [-0.3, -0.25) is 0 Å². The minimum absolute atomic E-state index is 0.625. The van der Waals surface area contributed by atoms with E-state index < -0.39 is 0 Å². The second-order valence-corrected chi connectivity index (χ2v) is 4.89. The Kier molecular flexibility index (Phi) is 5.48. The predicted molar refractivity (Wildman–Crippen MR) is 74.8 cm³/mol. The molecule has 0 amide bonds. The SMILES string of the molecule is COc1ccc(COCCC2CCNC2)cc1OC. The zero-order valence-electron chi connectivity index (χ0n) is 11.8. The van der Waals surface area contributed by atoms with Gasteiger partial charge in [0.25, 0.3) is 0 Å². The highest BCUT2D eigenvalue weighted by molar-refractivity contribution is 5.42. The molecule has 0 radical (unpaired) electrons. The summed E-state index contributed by atoms with van der Waals surface area (Å²) in [6, 6.07) is 5.90. The van der Waals surface area contributed by atoms with Gasteiger partial charge < -0.3 is 19.5 Å². The van der Waals surface area contributed by atoms with Crippen molar-refractivity contribution in [2.45, 2.75) is 19.4 Å². The summed E-state index contributed by atoms with van der Waals surface area (Å²) in [5.41, 5.74) is 1.11. The lowest BCUT2D eigenvalue weighted by molar-refractivity contribution is 0.109. The van der Waals surface area contributed by atoms with Gasteiger partial charge in [0.05, 0.1) is 20.8 Å². The van der Waals surface area contributed by atoms with Crippen molar-refractivity contribution < 1.29 is 14.2 Å². The summed E-state index contributed by atoms with van der Waals surface area (Å²) < 4.78 is 16.2. The van der Waals surface area contributed by atoms with E-state index in [9.17, 15) is 0 Å². The first-order valence-electron chi connectivity index (χ1n) is 6.83. The zero-order chi connectivity index (χ0) is 13.5. The lowest BCUT2D eigenvalue weighted by atomic mass is 10.1. The molecule has 0 saturated carbocycles. The van der Waals surface area contributed by atoms with Crippen LogP contribution in [0.1, 0.15) is 18.4 Å². The van der Waals surface area contributed by atoms with Gasteiger partial charge >= 0.3 is 0 Å². The molecule has 0 aliphatic carbocycles. The van der Waals surface area contributed by atoms with Crippen molar-refractivity contribution in [1.29, 1.82) is 0 Å². The van der Waals surface area contributed by atoms with Crippen molar-refractivity contribution in [3.63, 3.8) is 0 Å². The highest BCUT2D eigenvalue weighted by Gasteiger charge is 2.13. The smallest absolute Gasteiger partial charge is 0.161 e. The summed E-state index contributed by atoms with van der Waals surface area (Å²) in [5, 5.41) is 3.37. The van der Waals surface area contributed by atoms with Crippen LogP contribution in [-0.4, -0.2) is 33.9 Å². The summed E-state index contributed by atoms with van der Waals surface area (Å²) >= 11 is 0. The Hall–Kier alpha value is -1.26. The molecule has 2 rings (SSSR count). The fourth-order valence-corrected chi connectivity index (χ4v) is 2.37. The molecule has 1 aliphatic heterocycles. The fraction of sp³-hybridized carbons (Fsp3) is 0.600. The van der Waals surface area contributed by atoms with Gasteiger partial charge in [-0.1, -0.05) is 6.07 Å². The minimum atomic E-state index is 0.625. The normalized spacial score (nSPS) is 18.5. The predicted octanol–water partition coefficient (Wildman–Crippen LogP) is 2.22. The molecule has 19 heavy (non-hydrogen) atoms. The van der Waals surface area contributed by atoms with Gasteiger partial charge in [-0.25, -0.2) is 0 Å². The molecule has 1 unspecified atom stereocenters. The number of hydrogen-bond donors (Lipinski definition) is 1. The van der Waals surface area contributed by atoms with Gasteiger partial charge in [-0.05, 0) is 49.5 Å². The van der Waals surface area contributed by atoms with Crippen molar-refractivity contribution in [1.82, 2.24) is 5.32 Å². The van der Waals surface area contributed by atoms with E-state index in [1.807, 2.05) is 18.2 Å². The summed E-state index contributed by atoms with van der Waals surface area (Å²) in [6.45, 7) is 3.74. The van der Waals surface area contributed by atoms with Crippen molar-refractivity contribution in [3.8, 4) is 11.5 Å². The van der Waals surface area contributed by atoms with Crippen LogP contribution in [0.25, 0.3) is 0 Å². The van der Waals surface area contributed by atoms with E-state index >= 15 is 0 Å². The molecule has 4 heteroatoms. The van der Waals surface area contributed by atoms with E-state index in [2.05, 4.69) is 5.32 Å². The lowest BCUT2D eigenvalue weighted by Crippen LogP contribution is -2.10. The van der Waals surface area contributed by atoms with Gasteiger partial charge in [0.1, 0.15) is 0 Å². The van der Waals surface area contributed by atoms with Crippen LogP contribution in [0, 0.1) is 5.92 Å². The van der Waals surface area contributed by atoms with Gasteiger partial charge in [0, 0.05) is 6.61 Å². The molecule has 1 aromatic carbocycles. The van der Waals surface area contributed by atoms with Crippen LogP contribution >= 0.6 is 0 Å². The second kappa shape index (κ2) is 7.36. The number of benzene rings is 1. The average Bonchev–Trinajstić information content (AvgIpc) is 2.96. The molecule has 1 heterocycles. The van der Waals surface area contributed by atoms with Crippen LogP contribution in [0.3, 0.4) is 0 Å². The topological polar surface area (TPSA) is 39.7 Å². The van der Waals surface area contributed by atoms with E-state index in [-0.39, 0.29) is 0 Å². The minimum Gasteiger partial charge on any atom is -0.493 e. The maximum absolute atomic E-state index is 5.73. The Morgan fingerprint density at radius 2 is 2.05 bits per heavy atom. The summed E-state index contributed by atoms with van der Waals surface area (Å²) in [5.74, 6) is 2.29. The average molecular weight is 265 g/mol. The number of hydrogen-bond acceptors (Lipinski definition) is 4. The van der Waals surface area contributed by atoms with Crippen molar-refractivity contribution in [2.75, 3.05) is 33.9 Å². The van der Waals surface area contributed by atoms with Crippen LogP contribution < -0.4 is 14.8 Å². The molecular formula is C15H23NO3. The standard InChI is InChI=1S/C15H23NO3/c1-17-14-4-3-13(9-15(14)18-2)11-19-8-6-12-5-7-16-10-12/h3-4,9,12,16H,5-8,10-11H2,1-2H3. The largest absolute Gasteiger partial charge is 0.493 e. The Balaban J connectivity index is 1.75. The third-order valence-corrected chi connectivity index (χ3v) is 3.55. The number of ether oxygens (including phenoxy) is 3. The van der Waals surface area contributed by atoms with Crippen molar-refractivity contribution in [2.24, 2.45) is 5.92 Å². The Labute approximate surface area is 115 Å². The van der Waals surface area contributed by atoms with Crippen molar-refractivity contribution in [3.05, 3.63) is 23.8 Å². The van der Waals surface area contributed by atoms with Crippen LogP contribution in [0.4, 0.5) is 0 Å². The summed E-state index contributed by atoms with van der Waals surface area (Å²) in [6.07, 6.45) is 2.42. The lowest BCUT2D eigenvalue weighted by Gasteiger charge is -2.11. The first-order chi connectivity index (χ1) is 9.33. The number of nitrogens with one attached hydrogen (secondary N) is 1. The fourth-order valence-electron chi connectivity index (χ4n) is 2.37. The molecule has 0 aromatic heterocycles. The van der Waals surface area contributed by atoms with E-state index in [0.717, 1.165) is 49.1 Å². The quantitative estimate of drug-likeness (QED) is 0.767. The maximum atomic E-state index is 5.73. The first kappa shape index (κ1) is 14.2. The molecule has 0 spiro atoms. The molecule has 0 bridgehead atoms. The number of methoxy groups -OCH3 is 2. The third-order valence-electron chi connectivity index (χ3n) is 3.55. The van der Waals surface area contributed by atoms with Crippen LogP contribution in [0.5, 0.6) is 11.5 Å². The molecule has 1 N–H and O–H groups in total. The molecular weight excluding hydrogens is 242 g/mol. The molecule has 1 fully saturated rings. The van der Waals surface area contributed by atoms with E-state index in [4.69, 9.17) is 14.2 Å². The first-order valence-corrected chi connectivity index (χ1v) is 6.83. The van der Waals surface area contributed by atoms with Gasteiger partial charge in [-0.2, -0.15) is 0 Å². The Morgan fingerprint density at radius 1 is 1.21 bits per heavy atom. The van der Waals surface area contributed by atoms with Gasteiger partial charge in [-0.15, -0.1) is 0 Å². The Morgan fingerprint density at radius 3 is 2.74 bits per heavy atom. The highest BCUT2D eigenvalue weighted by Crippen LogP contribution is 2.27. The van der Waals surface area contributed by atoms with Gasteiger partial charge in [0.2, 0.25) is 0 Å². The van der Waals surface area contributed by atoms with Crippen LogP contribution in [0.2, 0.25) is 0 Å². The molecule has 106 valence electrons. The third kappa shape index (κ3) is 4.11. The van der Waals surface area contributed by atoms with Gasteiger partial charge in [0.15, 0.2) is 11.5 Å². The molecule has 4 nitrogen and oxygen atoms in total. The monoisotopic (exact) mass is 265 g/mol. The Bertz CT molecular complexity index is 389. The summed E-state index contributed by atoms with van der Waals surface area (Å²) in [4.78, 5) is 0. The van der Waals surface area contributed by atoms with Crippen molar-refractivity contribution >= 4 is 0 Å². The van der Waals surface area contributed by atoms with Crippen LogP contribution in [-0.2, 0) is 11.3 Å². The van der Waals surface area contributed by atoms with E-state index in [1.54, 1.807) is 14.2 Å². The molecule has 1 saturated heterocycles. The molecule has 1 atom stereocenters. The second-order valence-electron chi connectivity index (χ2n) is 4.89. The number of rotatable bonds is 7. The van der Waals surface area contributed by atoms with Crippen LogP contribution in [0.15, 0.2) is 18.2 Å². The highest BCUT2D eigenvalue weighted by atomic mass is 16.5. The maximum Gasteiger partial charge on any atom is 0.161 e. The summed E-state index contributed by atoms with van der Waals surface area (Å²) in [7, 11) is 3.29. The van der Waals surface area contributed by atoms with E-state index in [0.29, 0.717) is 6.61 Å². The zero-order valence-corrected chi connectivity index (χ0v) is 11.8. The van der Waals surface area contributed by atoms with E-state index in [1.165, 1.54) is 6.42 Å².